The summed E-state index contributed by atoms with van der Waals surface area (Å²) in [5.74, 6) is 0. The number of ether oxygens (including phenoxy) is 2. The van der Waals surface area contributed by atoms with E-state index < -0.39 is 0 Å². The maximum Gasteiger partial charge on any atom is 0.410 e. The van der Waals surface area contributed by atoms with Crippen LogP contribution in [0.15, 0.2) is 60.7 Å². The van der Waals surface area contributed by atoms with E-state index in [0.717, 1.165) is 11.1 Å². The van der Waals surface area contributed by atoms with Crippen LogP contribution in [-0.2, 0) is 22.7 Å². The van der Waals surface area contributed by atoms with E-state index in [2.05, 4.69) is 10.6 Å². The third-order valence-corrected chi connectivity index (χ3v) is 4.79. The van der Waals surface area contributed by atoms with Crippen molar-refractivity contribution in [2.75, 3.05) is 53.4 Å². The quantitative estimate of drug-likeness (QED) is 0.464. The molecule has 0 bridgehead atoms. The highest BCUT2D eigenvalue weighted by Gasteiger charge is 2.15. The van der Waals surface area contributed by atoms with Gasteiger partial charge in [0.05, 0.1) is 0 Å². The number of nitrogens with zero attached hydrogens (tertiary/aromatic N) is 2. The van der Waals surface area contributed by atoms with Gasteiger partial charge in [-0.05, 0) is 18.2 Å². The molecule has 0 fully saturated rings. The van der Waals surface area contributed by atoms with Gasteiger partial charge in [-0.1, -0.05) is 60.7 Å². The van der Waals surface area contributed by atoms with Crippen molar-refractivity contribution in [2.24, 2.45) is 0 Å². The van der Waals surface area contributed by atoms with Crippen LogP contribution in [0.3, 0.4) is 0 Å². The van der Waals surface area contributed by atoms with Crippen molar-refractivity contribution in [1.29, 1.82) is 0 Å². The van der Waals surface area contributed by atoms with Gasteiger partial charge in [0.25, 0.3) is 0 Å². The number of hydrogen-bond acceptors (Lipinski definition) is 6. The minimum absolute atomic E-state index is 0.249. The molecular weight excluding hydrogens is 408 g/mol. The second-order valence-corrected chi connectivity index (χ2v) is 7.34. The first-order valence-corrected chi connectivity index (χ1v) is 10.8. The predicted octanol–water partition coefficient (Wildman–Crippen LogP) is 2.70. The minimum Gasteiger partial charge on any atom is -0.445 e. The first-order chi connectivity index (χ1) is 15.6. The monoisotopic (exact) mass is 442 g/mol. The van der Waals surface area contributed by atoms with E-state index in [0.29, 0.717) is 39.3 Å². The van der Waals surface area contributed by atoms with Gasteiger partial charge in [0.15, 0.2) is 0 Å². The summed E-state index contributed by atoms with van der Waals surface area (Å²) in [5, 5.41) is 6.31. The molecule has 0 aliphatic heterocycles. The molecule has 8 nitrogen and oxygen atoms in total. The molecule has 0 radical (unpaired) electrons. The number of likely N-dealkylation sites (N-methyl/N-ethyl adjacent to an activating group) is 2. The fourth-order valence-corrected chi connectivity index (χ4v) is 2.86. The van der Waals surface area contributed by atoms with E-state index >= 15 is 0 Å². The van der Waals surface area contributed by atoms with Crippen LogP contribution in [0.4, 0.5) is 9.59 Å². The molecule has 0 saturated heterocycles. The van der Waals surface area contributed by atoms with E-state index in [1.165, 1.54) is 4.90 Å². The maximum absolute atomic E-state index is 12.5. The zero-order valence-corrected chi connectivity index (χ0v) is 19.0. The Morgan fingerprint density at radius 2 is 1.25 bits per heavy atom. The molecule has 0 aliphatic carbocycles. The van der Waals surface area contributed by atoms with Gasteiger partial charge in [-0.15, -0.1) is 0 Å². The molecule has 2 rings (SSSR count). The number of rotatable bonds is 13. The lowest BCUT2D eigenvalue weighted by Gasteiger charge is -2.23. The van der Waals surface area contributed by atoms with Gasteiger partial charge < -0.3 is 29.9 Å². The lowest BCUT2D eigenvalue weighted by Crippen LogP contribution is -2.42. The predicted molar refractivity (Wildman–Crippen MR) is 124 cm³/mol. The van der Waals surface area contributed by atoms with E-state index in [-0.39, 0.29) is 25.4 Å². The molecular formula is C24H34N4O4. The van der Waals surface area contributed by atoms with Gasteiger partial charge in [0.1, 0.15) is 13.2 Å². The summed E-state index contributed by atoms with van der Waals surface area (Å²) < 4.78 is 10.7. The molecule has 8 heteroatoms. The van der Waals surface area contributed by atoms with Gasteiger partial charge >= 0.3 is 12.2 Å². The van der Waals surface area contributed by atoms with E-state index in [9.17, 15) is 9.59 Å². The SMILES string of the molecule is CNCCN(CCNCCN(C)C(=O)OCc1ccccc1)C(=O)OCc1ccccc1. The van der Waals surface area contributed by atoms with Crippen molar-refractivity contribution in [2.45, 2.75) is 13.2 Å². The fourth-order valence-electron chi connectivity index (χ4n) is 2.86. The van der Waals surface area contributed by atoms with Crippen molar-refractivity contribution >= 4 is 12.2 Å². The molecule has 0 aliphatic rings. The number of carbonyl (C=O) groups is 2. The molecule has 2 N–H and O–H groups in total. The van der Waals surface area contributed by atoms with Gasteiger partial charge in [-0.2, -0.15) is 0 Å². The maximum atomic E-state index is 12.5. The first-order valence-electron chi connectivity index (χ1n) is 10.8. The molecule has 2 aromatic carbocycles. The van der Waals surface area contributed by atoms with Crippen molar-refractivity contribution in [3.05, 3.63) is 71.8 Å². The zero-order valence-electron chi connectivity index (χ0n) is 19.0. The Labute approximate surface area is 190 Å². The molecule has 2 aromatic rings. The van der Waals surface area contributed by atoms with Crippen LogP contribution < -0.4 is 10.6 Å². The highest BCUT2D eigenvalue weighted by atomic mass is 16.6. The van der Waals surface area contributed by atoms with Gasteiger partial charge in [-0.3, -0.25) is 0 Å². The normalized spacial score (nSPS) is 10.4. The van der Waals surface area contributed by atoms with Crippen molar-refractivity contribution in [3.63, 3.8) is 0 Å². The second kappa shape index (κ2) is 14.8. The molecule has 0 unspecified atom stereocenters. The number of hydrogen-bond donors (Lipinski definition) is 2. The first kappa shape index (κ1) is 25.2. The smallest absolute Gasteiger partial charge is 0.410 e. The summed E-state index contributed by atoms with van der Waals surface area (Å²) in [6.07, 6.45) is -0.705. The highest BCUT2D eigenvalue weighted by molar-refractivity contribution is 5.67. The largest absolute Gasteiger partial charge is 0.445 e. The Hall–Kier alpha value is -3.10. The molecule has 0 spiro atoms. The van der Waals surface area contributed by atoms with Gasteiger partial charge in [0.2, 0.25) is 0 Å². The van der Waals surface area contributed by atoms with Crippen molar-refractivity contribution in [3.8, 4) is 0 Å². The number of nitrogens with one attached hydrogen (secondary N) is 2. The summed E-state index contributed by atoms with van der Waals surface area (Å²) in [6.45, 7) is 3.93. The average Bonchev–Trinajstić information content (AvgIpc) is 2.83. The number of benzene rings is 2. The van der Waals surface area contributed by atoms with E-state index in [1.54, 1.807) is 11.9 Å². The third-order valence-electron chi connectivity index (χ3n) is 4.79. The lowest BCUT2D eigenvalue weighted by molar-refractivity contribution is 0.0965. The molecule has 0 aromatic heterocycles. The Kier molecular flexibility index (Phi) is 11.7. The summed E-state index contributed by atoms with van der Waals surface area (Å²) in [6, 6.07) is 19.2. The van der Waals surface area contributed by atoms with E-state index in [1.807, 2.05) is 67.7 Å². The molecule has 0 atom stereocenters. The Balaban J connectivity index is 1.64. The standard InChI is InChI=1S/C24H34N4O4/c1-25-13-17-28(24(30)32-20-22-11-7-4-8-12-22)18-15-26-14-16-27(2)23(29)31-19-21-9-5-3-6-10-21/h3-12,25-26H,13-20H2,1-2H3. The van der Waals surface area contributed by atoms with Crippen LogP contribution >= 0.6 is 0 Å². The molecule has 2 amide bonds. The van der Waals surface area contributed by atoms with Gasteiger partial charge in [-0.25, -0.2) is 9.59 Å². The second-order valence-electron chi connectivity index (χ2n) is 7.34. The van der Waals surface area contributed by atoms with Crippen LogP contribution in [0.1, 0.15) is 11.1 Å². The van der Waals surface area contributed by atoms with Crippen LogP contribution in [0, 0.1) is 0 Å². The third kappa shape index (κ3) is 9.80. The highest BCUT2D eigenvalue weighted by Crippen LogP contribution is 2.04. The number of amides is 2. The molecule has 0 saturated carbocycles. The fraction of sp³-hybridized carbons (Fsp3) is 0.417. The van der Waals surface area contributed by atoms with Crippen LogP contribution in [0.25, 0.3) is 0 Å². The summed E-state index contributed by atoms with van der Waals surface area (Å²) in [4.78, 5) is 27.7. The van der Waals surface area contributed by atoms with Crippen molar-refractivity contribution < 1.29 is 19.1 Å². The summed E-state index contributed by atoms with van der Waals surface area (Å²) in [7, 11) is 3.55. The molecule has 0 heterocycles. The zero-order chi connectivity index (χ0) is 23.0. The summed E-state index contributed by atoms with van der Waals surface area (Å²) >= 11 is 0. The molecule has 32 heavy (non-hydrogen) atoms. The van der Waals surface area contributed by atoms with Crippen LogP contribution in [0.5, 0.6) is 0 Å². The number of carbonyl (C=O) groups excluding carboxylic acids is 2. The molecule has 174 valence electrons. The van der Waals surface area contributed by atoms with Crippen LogP contribution in [0.2, 0.25) is 0 Å². The lowest BCUT2D eigenvalue weighted by atomic mass is 10.2. The minimum atomic E-state index is -0.365. The Morgan fingerprint density at radius 1 is 0.750 bits per heavy atom. The van der Waals surface area contributed by atoms with Crippen molar-refractivity contribution in [1.82, 2.24) is 20.4 Å². The van der Waals surface area contributed by atoms with Gasteiger partial charge in [0, 0.05) is 46.3 Å². The topological polar surface area (TPSA) is 83.1 Å². The Morgan fingerprint density at radius 3 is 1.81 bits per heavy atom. The van der Waals surface area contributed by atoms with E-state index in [4.69, 9.17) is 9.47 Å². The van der Waals surface area contributed by atoms with Crippen LogP contribution in [-0.4, -0.2) is 75.4 Å². The average molecular weight is 443 g/mol. The summed E-state index contributed by atoms with van der Waals surface area (Å²) in [5.41, 5.74) is 1.91. The Bertz CT molecular complexity index is 789.